The zero-order valence-corrected chi connectivity index (χ0v) is 12.2. The second-order valence-corrected chi connectivity index (χ2v) is 5.89. The van der Waals surface area contributed by atoms with Gasteiger partial charge in [0, 0.05) is 26.4 Å². The Bertz CT molecular complexity index is 463. The van der Waals surface area contributed by atoms with Crippen molar-refractivity contribution in [2.45, 2.75) is 37.5 Å². The van der Waals surface area contributed by atoms with Crippen LogP contribution in [0.15, 0.2) is 18.2 Å². The van der Waals surface area contributed by atoms with Gasteiger partial charge in [-0.05, 0) is 48.6 Å². The van der Waals surface area contributed by atoms with Crippen molar-refractivity contribution >= 4 is 5.97 Å². The molecule has 2 saturated heterocycles. The first-order valence-electron chi connectivity index (χ1n) is 7.79. The summed E-state index contributed by atoms with van der Waals surface area (Å²) in [6.07, 6.45) is 3.66. The smallest absolute Gasteiger partial charge is 0.336 e. The molecule has 0 atom stereocenters. The van der Waals surface area contributed by atoms with E-state index in [1.54, 1.807) is 0 Å². The number of ether oxygens (including phenoxy) is 2. The van der Waals surface area contributed by atoms with Crippen molar-refractivity contribution in [2.75, 3.05) is 26.4 Å². The van der Waals surface area contributed by atoms with Crippen LogP contribution in [-0.4, -0.2) is 37.5 Å². The Labute approximate surface area is 125 Å². The summed E-state index contributed by atoms with van der Waals surface area (Å²) in [5.41, 5.74) is 2.53. The number of carboxylic acids is 1. The lowest BCUT2D eigenvalue weighted by molar-refractivity contribution is 0.0673. The minimum atomic E-state index is -0.793. The van der Waals surface area contributed by atoms with Gasteiger partial charge in [-0.25, -0.2) is 4.79 Å². The van der Waals surface area contributed by atoms with E-state index in [1.165, 1.54) is 0 Å². The van der Waals surface area contributed by atoms with E-state index in [0.717, 1.165) is 63.2 Å². The van der Waals surface area contributed by atoms with E-state index < -0.39 is 5.97 Å². The highest BCUT2D eigenvalue weighted by Crippen LogP contribution is 2.36. The summed E-state index contributed by atoms with van der Waals surface area (Å²) in [6, 6.07) is 5.99. The second-order valence-electron chi connectivity index (χ2n) is 5.89. The number of hydrogen-bond donors (Lipinski definition) is 1. The number of carbonyl (C=O) groups is 1. The molecule has 1 N–H and O–H groups in total. The first-order valence-corrected chi connectivity index (χ1v) is 7.79. The zero-order valence-electron chi connectivity index (χ0n) is 12.2. The summed E-state index contributed by atoms with van der Waals surface area (Å²) in [6.45, 7) is 2.91. The van der Waals surface area contributed by atoms with Gasteiger partial charge in [-0.15, -0.1) is 0 Å². The summed E-state index contributed by atoms with van der Waals surface area (Å²) in [4.78, 5) is 11.9. The van der Waals surface area contributed by atoms with Crippen LogP contribution >= 0.6 is 0 Å². The monoisotopic (exact) mass is 290 g/mol. The molecule has 21 heavy (non-hydrogen) atoms. The number of aromatic carboxylic acids is 1. The predicted octanol–water partition coefficient (Wildman–Crippen LogP) is 3.17. The van der Waals surface area contributed by atoms with Crippen LogP contribution in [0, 0.1) is 0 Å². The van der Waals surface area contributed by atoms with E-state index in [-0.39, 0.29) is 0 Å². The van der Waals surface area contributed by atoms with Gasteiger partial charge in [0.15, 0.2) is 0 Å². The Morgan fingerprint density at radius 2 is 1.33 bits per heavy atom. The molecular weight excluding hydrogens is 268 g/mol. The lowest BCUT2D eigenvalue weighted by atomic mass is 9.81. The molecule has 2 aliphatic rings. The number of carboxylic acid groups (broad SMARTS) is 1. The normalized spacial score (nSPS) is 21.3. The molecule has 2 aliphatic heterocycles. The minimum Gasteiger partial charge on any atom is -0.478 e. The molecular formula is C17H22O4. The fourth-order valence-corrected chi connectivity index (χ4v) is 3.53. The molecule has 2 fully saturated rings. The van der Waals surface area contributed by atoms with Crippen molar-refractivity contribution in [3.05, 3.63) is 34.9 Å². The third-order valence-corrected chi connectivity index (χ3v) is 4.67. The maximum absolute atomic E-state index is 11.9. The molecule has 0 radical (unpaired) electrons. The van der Waals surface area contributed by atoms with E-state index in [0.29, 0.717) is 17.4 Å². The molecule has 2 heterocycles. The van der Waals surface area contributed by atoms with Gasteiger partial charge in [-0.3, -0.25) is 0 Å². The highest BCUT2D eigenvalue weighted by atomic mass is 16.5. The zero-order chi connectivity index (χ0) is 14.7. The summed E-state index contributed by atoms with van der Waals surface area (Å²) in [5, 5.41) is 9.75. The van der Waals surface area contributed by atoms with E-state index >= 15 is 0 Å². The van der Waals surface area contributed by atoms with Crippen molar-refractivity contribution in [1.29, 1.82) is 0 Å². The third kappa shape index (κ3) is 3.11. The van der Waals surface area contributed by atoms with Crippen LogP contribution in [0.1, 0.15) is 59.0 Å². The van der Waals surface area contributed by atoms with Crippen LogP contribution in [0.4, 0.5) is 0 Å². The van der Waals surface area contributed by atoms with Gasteiger partial charge in [0.1, 0.15) is 0 Å². The molecule has 3 rings (SSSR count). The van der Waals surface area contributed by atoms with Crippen LogP contribution in [-0.2, 0) is 9.47 Å². The van der Waals surface area contributed by atoms with Gasteiger partial charge in [0.2, 0.25) is 0 Å². The van der Waals surface area contributed by atoms with Crippen LogP contribution < -0.4 is 0 Å². The fourth-order valence-electron chi connectivity index (χ4n) is 3.53. The highest BCUT2D eigenvalue weighted by Gasteiger charge is 2.27. The summed E-state index contributed by atoms with van der Waals surface area (Å²) in [5.74, 6) is -0.173. The number of hydrogen-bond acceptors (Lipinski definition) is 3. The van der Waals surface area contributed by atoms with E-state index in [1.807, 2.05) is 18.2 Å². The topological polar surface area (TPSA) is 55.8 Å². The lowest BCUT2D eigenvalue weighted by Gasteiger charge is -2.28. The van der Waals surface area contributed by atoms with Crippen LogP contribution in [0.3, 0.4) is 0 Å². The summed E-state index contributed by atoms with van der Waals surface area (Å²) in [7, 11) is 0. The molecule has 0 saturated carbocycles. The molecule has 4 heteroatoms. The van der Waals surface area contributed by atoms with Gasteiger partial charge < -0.3 is 14.6 Å². The van der Waals surface area contributed by atoms with Gasteiger partial charge >= 0.3 is 5.97 Å². The molecule has 1 aromatic carbocycles. The van der Waals surface area contributed by atoms with Crippen molar-refractivity contribution < 1.29 is 19.4 Å². The van der Waals surface area contributed by atoms with Crippen LogP contribution in [0.25, 0.3) is 0 Å². The fraction of sp³-hybridized carbons (Fsp3) is 0.588. The van der Waals surface area contributed by atoms with Gasteiger partial charge in [0.25, 0.3) is 0 Å². The lowest BCUT2D eigenvalue weighted by Crippen LogP contribution is -2.21. The average molecular weight is 290 g/mol. The Morgan fingerprint density at radius 1 is 0.905 bits per heavy atom. The van der Waals surface area contributed by atoms with E-state index in [2.05, 4.69) is 0 Å². The third-order valence-electron chi connectivity index (χ3n) is 4.67. The predicted molar refractivity (Wildman–Crippen MR) is 79.0 cm³/mol. The van der Waals surface area contributed by atoms with Crippen LogP contribution in [0.2, 0.25) is 0 Å². The number of rotatable bonds is 3. The molecule has 0 aliphatic carbocycles. The van der Waals surface area contributed by atoms with Gasteiger partial charge in [-0.1, -0.05) is 18.2 Å². The molecule has 0 bridgehead atoms. The van der Waals surface area contributed by atoms with Crippen molar-refractivity contribution in [2.24, 2.45) is 0 Å². The Hall–Kier alpha value is -1.39. The first-order chi connectivity index (χ1) is 10.3. The van der Waals surface area contributed by atoms with Gasteiger partial charge in [0.05, 0.1) is 5.56 Å². The average Bonchev–Trinajstić information content (AvgIpc) is 2.55. The molecule has 0 aromatic heterocycles. The summed E-state index contributed by atoms with van der Waals surface area (Å²) >= 11 is 0. The molecule has 0 amide bonds. The SMILES string of the molecule is O=C(O)c1c(C2CCOCC2)cccc1C1CCOCC1. The highest BCUT2D eigenvalue weighted by molar-refractivity contribution is 5.91. The van der Waals surface area contributed by atoms with Crippen molar-refractivity contribution in [3.8, 4) is 0 Å². The molecule has 114 valence electrons. The Kier molecular flexibility index (Phi) is 4.56. The maximum atomic E-state index is 11.9. The van der Waals surface area contributed by atoms with Crippen molar-refractivity contribution in [3.63, 3.8) is 0 Å². The van der Waals surface area contributed by atoms with Gasteiger partial charge in [-0.2, -0.15) is 0 Å². The molecule has 0 spiro atoms. The Balaban J connectivity index is 1.97. The molecule has 4 nitrogen and oxygen atoms in total. The molecule has 0 unspecified atom stereocenters. The van der Waals surface area contributed by atoms with E-state index in [9.17, 15) is 9.90 Å². The summed E-state index contributed by atoms with van der Waals surface area (Å²) < 4.78 is 10.8. The standard InChI is InChI=1S/C17H22O4/c18-17(19)16-14(12-4-8-20-9-5-12)2-1-3-15(16)13-6-10-21-11-7-13/h1-3,12-13H,4-11H2,(H,18,19). The first kappa shape index (κ1) is 14.5. The quantitative estimate of drug-likeness (QED) is 0.929. The van der Waals surface area contributed by atoms with E-state index in [4.69, 9.17) is 9.47 Å². The Morgan fingerprint density at radius 3 is 1.71 bits per heavy atom. The minimum absolute atomic E-state index is 0.310. The molecule has 1 aromatic rings. The maximum Gasteiger partial charge on any atom is 0.336 e. The number of benzene rings is 1. The second kappa shape index (κ2) is 6.58. The van der Waals surface area contributed by atoms with Crippen molar-refractivity contribution in [1.82, 2.24) is 0 Å². The largest absolute Gasteiger partial charge is 0.478 e. The van der Waals surface area contributed by atoms with Crippen LogP contribution in [0.5, 0.6) is 0 Å².